The molecule has 7 nitrogen and oxygen atoms in total. The third kappa shape index (κ3) is 4.89. The first-order valence-corrected chi connectivity index (χ1v) is 13.7. The van der Waals surface area contributed by atoms with E-state index in [1.807, 2.05) is 37.3 Å². The van der Waals surface area contributed by atoms with Crippen molar-refractivity contribution < 1.29 is 13.2 Å². The van der Waals surface area contributed by atoms with Gasteiger partial charge in [-0.05, 0) is 54.1 Å². The normalized spacial score (nSPS) is 14.9. The number of sulfonamides is 1. The zero-order chi connectivity index (χ0) is 24.4. The molecule has 0 radical (unpaired) electrons. The van der Waals surface area contributed by atoms with Crippen LogP contribution in [0.3, 0.4) is 0 Å². The summed E-state index contributed by atoms with van der Waals surface area (Å²) in [5.74, 6) is 1.11. The van der Waals surface area contributed by atoms with Crippen LogP contribution in [-0.4, -0.2) is 55.7 Å². The summed E-state index contributed by atoms with van der Waals surface area (Å²) in [6.07, 6.45) is 0. The lowest BCUT2D eigenvalue weighted by Crippen LogP contribution is -2.49. The van der Waals surface area contributed by atoms with E-state index in [1.54, 1.807) is 18.2 Å². The summed E-state index contributed by atoms with van der Waals surface area (Å²) in [5, 5.41) is 11.2. The number of rotatable bonds is 6. The summed E-state index contributed by atoms with van der Waals surface area (Å²) in [6, 6.07) is 23.4. The van der Waals surface area contributed by atoms with Crippen molar-refractivity contribution in [1.29, 1.82) is 0 Å². The topological polar surface area (TPSA) is 75.6 Å². The van der Waals surface area contributed by atoms with E-state index in [4.69, 9.17) is 4.74 Å². The van der Waals surface area contributed by atoms with Gasteiger partial charge < -0.3 is 9.64 Å². The van der Waals surface area contributed by atoms with Gasteiger partial charge in [0.2, 0.25) is 10.0 Å². The van der Waals surface area contributed by atoms with E-state index >= 15 is 0 Å². The van der Waals surface area contributed by atoms with Crippen LogP contribution in [0.5, 0.6) is 5.75 Å². The van der Waals surface area contributed by atoms with E-state index < -0.39 is 10.0 Å². The molecule has 5 rings (SSSR count). The van der Waals surface area contributed by atoms with Crippen LogP contribution in [-0.2, 0) is 10.0 Å². The molecule has 0 bridgehead atoms. The number of hydrogen-bond acceptors (Lipinski definition) is 6. The van der Waals surface area contributed by atoms with E-state index in [1.165, 1.54) is 9.69 Å². The molecule has 4 aromatic rings. The Bertz CT molecular complexity index is 1450. The van der Waals surface area contributed by atoms with E-state index in [-0.39, 0.29) is 4.90 Å². The van der Waals surface area contributed by atoms with Gasteiger partial charge >= 0.3 is 0 Å². The lowest BCUT2D eigenvalue weighted by molar-refractivity contribution is 0.327. The van der Waals surface area contributed by atoms with Crippen LogP contribution >= 0.6 is 15.9 Å². The second-order valence-corrected chi connectivity index (χ2v) is 11.1. The predicted molar refractivity (Wildman–Crippen MR) is 141 cm³/mol. The fourth-order valence-electron chi connectivity index (χ4n) is 4.25. The summed E-state index contributed by atoms with van der Waals surface area (Å²) < 4.78 is 34.5. The number of halogens is 1. The second kappa shape index (κ2) is 9.93. The fraction of sp³-hybridized carbons (Fsp3) is 0.231. The van der Waals surface area contributed by atoms with Gasteiger partial charge in [0.25, 0.3) is 0 Å². The highest BCUT2D eigenvalue weighted by molar-refractivity contribution is 9.10. The fourth-order valence-corrected chi connectivity index (χ4v) is 6.34. The molecular formula is C26H25BrN4O3S. The SMILES string of the molecule is CCOc1ccc(Br)cc1S(=O)(=O)N1CCN(c2ccc(-c3ccc4ccccc4c3)nn2)CC1. The smallest absolute Gasteiger partial charge is 0.246 e. The second-order valence-electron chi connectivity index (χ2n) is 8.25. The summed E-state index contributed by atoms with van der Waals surface area (Å²) in [5.41, 5.74) is 1.82. The molecule has 0 atom stereocenters. The number of ether oxygens (including phenoxy) is 1. The van der Waals surface area contributed by atoms with Crippen molar-refractivity contribution in [2.24, 2.45) is 0 Å². The molecule has 0 unspecified atom stereocenters. The van der Waals surface area contributed by atoms with E-state index in [0.717, 1.165) is 22.5 Å². The van der Waals surface area contributed by atoms with Gasteiger partial charge in [0.1, 0.15) is 10.6 Å². The van der Waals surface area contributed by atoms with Gasteiger partial charge in [0.15, 0.2) is 5.82 Å². The molecule has 35 heavy (non-hydrogen) atoms. The van der Waals surface area contributed by atoms with Gasteiger partial charge in [0, 0.05) is 36.2 Å². The molecule has 1 fully saturated rings. The molecule has 180 valence electrons. The van der Waals surface area contributed by atoms with Crippen molar-refractivity contribution in [3.05, 3.63) is 77.3 Å². The van der Waals surface area contributed by atoms with Gasteiger partial charge in [-0.25, -0.2) is 8.42 Å². The van der Waals surface area contributed by atoms with Crippen LogP contribution in [0.25, 0.3) is 22.0 Å². The number of nitrogens with zero attached hydrogens (tertiary/aromatic N) is 4. The molecule has 2 heterocycles. The highest BCUT2D eigenvalue weighted by Gasteiger charge is 2.31. The van der Waals surface area contributed by atoms with Gasteiger partial charge in [0.05, 0.1) is 12.3 Å². The highest BCUT2D eigenvalue weighted by atomic mass is 79.9. The highest BCUT2D eigenvalue weighted by Crippen LogP contribution is 2.31. The van der Waals surface area contributed by atoms with E-state index in [2.05, 4.69) is 55.3 Å². The lowest BCUT2D eigenvalue weighted by Gasteiger charge is -2.34. The summed E-state index contributed by atoms with van der Waals surface area (Å²) in [6.45, 7) is 4.00. The van der Waals surface area contributed by atoms with Crippen molar-refractivity contribution in [2.45, 2.75) is 11.8 Å². The van der Waals surface area contributed by atoms with Crippen LogP contribution in [0.15, 0.2) is 82.2 Å². The molecule has 1 aliphatic heterocycles. The molecule has 0 amide bonds. The first-order chi connectivity index (χ1) is 17.0. The average Bonchev–Trinajstić information content (AvgIpc) is 2.89. The molecule has 0 spiro atoms. The number of fused-ring (bicyclic) bond motifs is 1. The van der Waals surface area contributed by atoms with Crippen LogP contribution in [0.2, 0.25) is 0 Å². The Hall–Kier alpha value is -3.01. The number of piperazine rings is 1. The minimum atomic E-state index is -3.69. The van der Waals surface area contributed by atoms with E-state index in [0.29, 0.717) is 43.0 Å². The van der Waals surface area contributed by atoms with Gasteiger partial charge in [-0.15, -0.1) is 10.2 Å². The Morgan fingerprint density at radius 3 is 2.37 bits per heavy atom. The first kappa shape index (κ1) is 23.7. The Labute approximate surface area is 213 Å². The monoisotopic (exact) mass is 552 g/mol. The summed E-state index contributed by atoms with van der Waals surface area (Å²) in [7, 11) is -3.69. The van der Waals surface area contributed by atoms with Gasteiger partial charge in [-0.2, -0.15) is 4.31 Å². The maximum atomic E-state index is 13.4. The summed E-state index contributed by atoms with van der Waals surface area (Å²) in [4.78, 5) is 2.25. The molecule has 3 aromatic carbocycles. The summed E-state index contributed by atoms with van der Waals surface area (Å²) >= 11 is 3.38. The number of anilines is 1. The predicted octanol–water partition coefficient (Wildman–Crippen LogP) is 4.97. The largest absolute Gasteiger partial charge is 0.492 e. The lowest BCUT2D eigenvalue weighted by atomic mass is 10.1. The number of aromatic nitrogens is 2. The van der Waals surface area contributed by atoms with Gasteiger partial charge in [-0.3, -0.25) is 0 Å². The van der Waals surface area contributed by atoms with E-state index in [9.17, 15) is 8.42 Å². The maximum absolute atomic E-state index is 13.4. The molecule has 1 aromatic heterocycles. The van der Waals surface area contributed by atoms with Crippen LogP contribution in [0.4, 0.5) is 5.82 Å². The van der Waals surface area contributed by atoms with Crippen LogP contribution < -0.4 is 9.64 Å². The molecule has 1 aliphatic rings. The van der Waals surface area contributed by atoms with Crippen LogP contribution in [0.1, 0.15) is 6.92 Å². The Morgan fingerprint density at radius 1 is 0.886 bits per heavy atom. The first-order valence-electron chi connectivity index (χ1n) is 11.5. The number of benzene rings is 3. The molecule has 1 saturated heterocycles. The quantitative estimate of drug-likeness (QED) is 0.336. The third-order valence-corrected chi connectivity index (χ3v) is 8.49. The zero-order valence-electron chi connectivity index (χ0n) is 19.3. The van der Waals surface area contributed by atoms with Crippen molar-refractivity contribution in [2.75, 3.05) is 37.7 Å². The maximum Gasteiger partial charge on any atom is 0.246 e. The van der Waals surface area contributed by atoms with Crippen molar-refractivity contribution in [3.63, 3.8) is 0 Å². The van der Waals surface area contributed by atoms with Crippen LogP contribution in [0, 0.1) is 0 Å². The molecule has 0 aliphatic carbocycles. The van der Waals surface area contributed by atoms with Crippen molar-refractivity contribution in [3.8, 4) is 17.0 Å². The molecular weight excluding hydrogens is 528 g/mol. The molecule has 0 N–H and O–H groups in total. The Kier molecular flexibility index (Phi) is 6.73. The number of hydrogen-bond donors (Lipinski definition) is 0. The Morgan fingerprint density at radius 2 is 1.66 bits per heavy atom. The minimum Gasteiger partial charge on any atom is -0.492 e. The van der Waals surface area contributed by atoms with Gasteiger partial charge in [-0.1, -0.05) is 52.3 Å². The minimum absolute atomic E-state index is 0.182. The molecule has 0 saturated carbocycles. The third-order valence-electron chi connectivity index (χ3n) is 6.08. The van der Waals surface area contributed by atoms with Crippen molar-refractivity contribution >= 4 is 42.5 Å². The molecule has 9 heteroatoms. The zero-order valence-corrected chi connectivity index (χ0v) is 21.7. The Balaban J connectivity index is 1.29. The average molecular weight is 553 g/mol. The standard InChI is InChI=1S/C26H25BrN4O3S/c1-2-34-24-11-9-22(27)18-25(24)35(32,33)31-15-13-30(14-16-31)26-12-10-23(28-29-26)21-8-7-19-5-3-4-6-20(19)17-21/h3-12,17-18H,2,13-16H2,1H3. The van der Waals surface area contributed by atoms with Crippen molar-refractivity contribution in [1.82, 2.24) is 14.5 Å².